The molecule has 20 heavy (non-hydrogen) atoms. The molecule has 106 valence electrons. The van der Waals surface area contributed by atoms with Crippen LogP contribution in [0.5, 0.6) is 0 Å². The topological polar surface area (TPSA) is 59.8 Å². The van der Waals surface area contributed by atoms with E-state index in [9.17, 15) is 4.79 Å². The molecule has 0 unspecified atom stereocenters. The highest BCUT2D eigenvalue weighted by molar-refractivity contribution is 7.99. The Hall–Kier alpha value is -1.82. The van der Waals surface area contributed by atoms with Crippen LogP contribution in [0.15, 0.2) is 23.4 Å². The van der Waals surface area contributed by atoms with Gasteiger partial charge in [-0.2, -0.15) is 0 Å². The van der Waals surface area contributed by atoms with E-state index in [4.69, 9.17) is 0 Å². The van der Waals surface area contributed by atoms with Crippen LogP contribution in [-0.2, 0) is 11.8 Å². The lowest BCUT2D eigenvalue weighted by Gasteiger charge is -2.08. The van der Waals surface area contributed by atoms with Gasteiger partial charge in [0.05, 0.1) is 5.75 Å². The van der Waals surface area contributed by atoms with Crippen molar-refractivity contribution in [3.8, 4) is 0 Å². The summed E-state index contributed by atoms with van der Waals surface area (Å²) in [7, 11) is 1.89. The van der Waals surface area contributed by atoms with E-state index in [1.807, 2.05) is 44.5 Å². The Labute approximate surface area is 122 Å². The number of thioether (sulfide) groups is 1. The first-order chi connectivity index (χ1) is 9.47. The zero-order chi connectivity index (χ0) is 14.7. The van der Waals surface area contributed by atoms with Crippen molar-refractivity contribution in [1.82, 2.24) is 14.8 Å². The summed E-state index contributed by atoms with van der Waals surface area (Å²) in [5.74, 6) is 1.11. The second-order valence-corrected chi connectivity index (χ2v) is 5.69. The van der Waals surface area contributed by atoms with Crippen LogP contribution in [0.3, 0.4) is 0 Å². The first kappa shape index (κ1) is 14.6. The van der Waals surface area contributed by atoms with Crippen LogP contribution in [0.1, 0.15) is 17.0 Å². The molecule has 0 aliphatic heterocycles. The summed E-state index contributed by atoms with van der Waals surface area (Å²) < 4.78 is 1.87. The normalized spacial score (nSPS) is 10.6. The molecule has 1 aromatic carbocycles. The lowest BCUT2D eigenvalue weighted by molar-refractivity contribution is -0.113. The molecule has 2 rings (SSSR count). The summed E-state index contributed by atoms with van der Waals surface area (Å²) in [6.45, 7) is 5.90. The third-order valence-corrected chi connectivity index (χ3v) is 4.06. The fourth-order valence-corrected chi connectivity index (χ4v) is 2.54. The quantitative estimate of drug-likeness (QED) is 0.879. The molecule has 1 N–H and O–H groups in total. The number of anilines is 1. The highest BCUT2D eigenvalue weighted by Crippen LogP contribution is 2.18. The van der Waals surface area contributed by atoms with E-state index in [2.05, 4.69) is 21.6 Å². The van der Waals surface area contributed by atoms with Crippen molar-refractivity contribution in [1.29, 1.82) is 0 Å². The number of nitrogens with one attached hydrogen (secondary N) is 1. The Balaban J connectivity index is 1.94. The van der Waals surface area contributed by atoms with Crippen LogP contribution in [0.4, 0.5) is 5.69 Å². The summed E-state index contributed by atoms with van der Waals surface area (Å²) in [5, 5.41) is 11.6. The van der Waals surface area contributed by atoms with Gasteiger partial charge in [0.15, 0.2) is 5.16 Å². The van der Waals surface area contributed by atoms with Gasteiger partial charge in [-0.25, -0.2) is 0 Å². The Bertz CT molecular complexity index is 636. The van der Waals surface area contributed by atoms with E-state index in [1.165, 1.54) is 17.3 Å². The van der Waals surface area contributed by atoms with Gasteiger partial charge in [0.25, 0.3) is 0 Å². The number of hydrogen-bond donors (Lipinski definition) is 1. The molecule has 1 heterocycles. The van der Waals surface area contributed by atoms with E-state index in [0.717, 1.165) is 22.2 Å². The molecule has 5 nitrogen and oxygen atoms in total. The van der Waals surface area contributed by atoms with Crippen LogP contribution in [-0.4, -0.2) is 26.4 Å². The van der Waals surface area contributed by atoms with Crippen LogP contribution in [0.25, 0.3) is 0 Å². The van der Waals surface area contributed by atoms with Gasteiger partial charge in [0.1, 0.15) is 5.82 Å². The molecule has 0 saturated heterocycles. The molecule has 0 fully saturated rings. The van der Waals surface area contributed by atoms with E-state index in [-0.39, 0.29) is 5.91 Å². The largest absolute Gasteiger partial charge is 0.325 e. The average molecular weight is 290 g/mol. The third-order valence-electron chi connectivity index (χ3n) is 3.04. The molecule has 0 aliphatic carbocycles. The first-order valence-corrected chi connectivity index (χ1v) is 7.32. The van der Waals surface area contributed by atoms with Gasteiger partial charge in [0, 0.05) is 12.7 Å². The second kappa shape index (κ2) is 6.09. The number of nitrogens with zero attached hydrogens (tertiary/aromatic N) is 3. The summed E-state index contributed by atoms with van der Waals surface area (Å²) in [6.07, 6.45) is 0. The Morgan fingerprint density at radius 3 is 2.65 bits per heavy atom. The Kier molecular flexibility index (Phi) is 4.44. The Morgan fingerprint density at radius 2 is 2.05 bits per heavy atom. The molecule has 0 aliphatic rings. The number of carbonyl (C=O) groups is 1. The van der Waals surface area contributed by atoms with Crippen LogP contribution in [0, 0.1) is 20.8 Å². The second-order valence-electron chi connectivity index (χ2n) is 4.74. The van der Waals surface area contributed by atoms with Gasteiger partial charge in [-0.3, -0.25) is 4.79 Å². The molecule has 0 bridgehead atoms. The van der Waals surface area contributed by atoms with Gasteiger partial charge < -0.3 is 9.88 Å². The molecule has 0 spiro atoms. The van der Waals surface area contributed by atoms with Gasteiger partial charge in [-0.15, -0.1) is 10.2 Å². The first-order valence-electron chi connectivity index (χ1n) is 6.33. The smallest absolute Gasteiger partial charge is 0.234 e. The fourth-order valence-electron chi connectivity index (χ4n) is 1.78. The maximum Gasteiger partial charge on any atom is 0.234 e. The highest BCUT2D eigenvalue weighted by atomic mass is 32.2. The summed E-state index contributed by atoms with van der Waals surface area (Å²) in [6, 6.07) is 5.97. The van der Waals surface area contributed by atoms with Gasteiger partial charge in [-0.1, -0.05) is 29.5 Å². The third kappa shape index (κ3) is 3.39. The number of carbonyl (C=O) groups excluding carboxylic acids is 1. The summed E-state index contributed by atoms with van der Waals surface area (Å²) >= 11 is 1.38. The van der Waals surface area contributed by atoms with Gasteiger partial charge in [-0.05, 0) is 32.4 Å². The van der Waals surface area contributed by atoms with Crippen molar-refractivity contribution in [3.05, 3.63) is 35.2 Å². The minimum Gasteiger partial charge on any atom is -0.325 e. The zero-order valence-corrected chi connectivity index (χ0v) is 12.9. The molecule has 1 aromatic heterocycles. The zero-order valence-electron chi connectivity index (χ0n) is 12.1. The van der Waals surface area contributed by atoms with E-state index in [0.29, 0.717) is 5.75 Å². The van der Waals surface area contributed by atoms with E-state index in [1.54, 1.807) is 0 Å². The molecule has 0 atom stereocenters. The van der Waals surface area contributed by atoms with Crippen molar-refractivity contribution < 1.29 is 4.79 Å². The maximum absolute atomic E-state index is 12.0. The van der Waals surface area contributed by atoms with Crippen LogP contribution in [0.2, 0.25) is 0 Å². The summed E-state index contributed by atoms with van der Waals surface area (Å²) in [4.78, 5) is 12.0. The summed E-state index contributed by atoms with van der Waals surface area (Å²) in [5.41, 5.74) is 3.11. The number of hydrogen-bond acceptors (Lipinski definition) is 4. The molecule has 0 saturated carbocycles. The van der Waals surface area contributed by atoms with Crippen LogP contribution < -0.4 is 5.32 Å². The lowest BCUT2D eigenvalue weighted by atomic mass is 10.1. The van der Waals surface area contributed by atoms with Crippen molar-refractivity contribution in [2.45, 2.75) is 25.9 Å². The maximum atomic E-state index is 12.0. The highest BCUT2D eigenvalue weighted by Gasteiger charge is 2.10. The van der Waals surface area contributed by atoms with Crippen molar-refractivity contribution in [2.24, 2.45) is 7.05 Å². The molecule has 1 amide bonds. The van der Waals surface area contributed by atoms with Crippen molar-refractivity contribution >= 4 is 23.4 Å². The molecular formula is C14H18N4OS. The number of aromatic nitrogens is 3. The van der Waals surface area contributed by atoms with Crippen molar-refractivity contribution in [3.63, 3.8) is 0 Å². The number of benzene rings is 1. The van der Waals surface area contributed by atoms with E-state index < -0.39 is 0 Å². The predicted molar refractivity (Wildman–Crippen MR) is 81.0 cm³/mol. The molecule has 0 radical (unpaired) electrons. The SMILES string of the molecule is Cc1ccc(NC(=O)CSc2nnc(C)n2C)c(C)c1. The number of aryl methyl sites for hydroxylation is 3. The van der Waals surface area contributed by atoms with Gasteiger partial charge in [0.2, 0.25) is 5.91 Å². The average Bonchev–Trinajstić information content (AvgIpc) is 2.71. The number of amides is 1. The molecule has 6 heteroatoms. The predicted octanol–water partition coefficient (Wildman–Crippen LogP) is 2.47. The minimum absolute atomic E-state index is 0.0393. The molecule has 2 aromatic rings. The van der Waals surface area contributed by atoms with Crippen molar-refractivity contribution in [2.75, 3.05) is 11.1 Å². The van der Waals surface area contributed by atoms with E-state index >= 15 is 0 Å². The Morgan fingerprint density at radius 1 is 1.30 bits per heavy atom. The standard InChI is InChI=1S/C14H18N4OS/c1-9-5-6-12(10(2)7-9)15-13(19)8-20-14-17-16-11(3)18(14)4/h5-7H,8H2,1-4H3,(H,15,19). The minimum atomic E-state index is -0.0393. The fraction of sp³-hybridized carbons (Fsp3) is 0.357. The van der Waals surface area contributed by atoms with Gasteiger partial charge >= 0.3 is 0 Å². The van der Waals surface area contributed by atoms with Crippen LogP contribution >= 0.6 is 11.8 Å². The monoisotopic (exact) mass is 290 g/mol. The lowest BCUT2D eigenvalue weighted by Crippen LogP contribution is -2.15. The number of rotatable bonds is 4. The molecular weight excluding hydrogens is 272 g/mol.